The van der Waals surface area contributed by atoms with Crippen molar-refractivity contribution in [2.24, 2.45) is 0 Å². The van der Waals surface area contributed by atoms with Gasteiger partial charge >= 0.3 is 0 Å². The average Bonchev–Trinajstić information content (AvgIpc) is 3.09. The lowest BCUT2D eigenvalue weighted by Gasteiger charge is -2.39. The predicted molar refractivity (Wildman–Crippen MR) is 125 cm³/mol. The zero-order valence-electron chi connectivity index (χ0n) is 18.7. The molecule has 3 aromatic heterocycles. The monoisotopic (exact) mass is 419 g/mol. The van der Waals surface area contributed by atoms with Crippen LogP contribution in [0.3, 0.4) is 0 Å². The van der Waals surface area contributed by atoms with Crippen LogP contribution in [0.4, 0.5) is 5.82 Å². The number of rotatable bonds is 4. The molecule has 2 aliphatic heterocycles. The summed E-state index contributed by atoms with van der Waals surface area (Å²) >= 11 is 0. The molecule has 5 rings (SSSR count). The number of aromatic nitrogens is 4. The molecule has 0 bridgehead atoms. The first-order chi connectivity index (χ1) is 15.2. The van der Waals surface area contributed by atoms with Gasteiger partial charge in [0.15, 0.2) is 5.82 Å². The molecule has 0 unspecified atom stereocenters. The standard InChI is InChI=1S/C24H33N7/c1-18(2)29-13-8-19(9-14-29)30-11-4-12-31(16-15-30)23-6-3-5-21(26-23)24-27-20-7-10-25-17-22(20)28-24/h3,5-7,10,17-19H,4,8-9,11-16H2,1-2H3,(H,27,28). The molecule has 2 fully saturated rings. The molecule has 0 radical (unpaired) electrons. The largest absolute Gasteiger partial charge is 0.355 e. The van der Waals surface area contributed by atoms with Crippen LogP contribution in [0, 0.1) is 0 Å². The van der Waals surface area contributed by atoms with Crippen molar-refractivity contribution in [1.29, 1.82) is 0 Å². The lowest BCUT2D eigenvalue weighted by Crippen LogP contribution is -2.47. The summed E-state index contributed by atoms with van der Waals surface area (Å²) in [6, 6.07) is 9.58. The molecular formula is C24H33N7. The Kier molecular flexibility index (Phi) is 5.87. The van der Waals surface area contributed by atoms with Gasteiger partial charge in [-0.3, -0.25) is 9.88 Å². The van der Waals surface area contributed by atoms with E-state index >= 15 is 0 Å². The number of nitrogens with zero attached hydrogens (tertiary/aromatic N) is 6. The lowest BCUT2D eigenvalue weighted by molar-refractivity contribution is 0.0965. The Balaban J connectivity index is 1.26. The summed E-state index contributed by atoms with van der Waals surface area (Å²) in [6.07, 6.45) is 7.36. The topological polar surface area (TPSA) is 64.2 Å². The summed E-state index contributed by atoms with van der Waals surface area (Å²) in [5, 5.41) is 0. The maximum Gasteiger partial charge on any atom is 0.157 e. The Hall–Kier alpha value is -2.51. The third-order valence-electron chi connectivity index (χ3n) is 6.86. The fourth-order valence-corrected chi connectivity index (χ4v) is 5.01. The van der Waals surface area contributed by atoms with E-state index in [1.807, 2.05) is 18.3 Å². The highest BCUT2D eigenvalue weighted by atomic mass is 15.3. The third-order valence-corrected chi connectivity index (χ3v) is 6.86. The molecule has 0 aromatic carbocycles. The Bertz CT molecular complexity index is 973. The molecule has 5 heterocycles. The Morgan fingerprint density at radius 1 is 0.968 bits per heavy atom. The number of nitrogens with one attached hydrogen (secondary N) is 1. The van der Waals surface area contributed by atoms with Gasteiger partial charge in [0, 0.05) is 44.5 Å². The Labute approximate surface area is 184 Å². The normalized spacial score (nSPS) is 19.9. The molecule has 2 saturated heterocycles. The minimum atomic E-state index is 0.668. The van der Waals surface area contributed by atoms with Crippen molar-refractivity contribution >= 4 is 16.9 Å². The smallest absolute Gasteiger partial charge is 0.157 e. The van der Waals surface area contributed by atoms with Gasteiger partial charge in [-0.15, -0.1) is 0 Å². The van der Waals surface area contributed by atoms with Crippen LogP contribution in [0.1, 0.15) is 33.1 Å². The number of hydrogen-bond donors (Lipinski definition) is 1. The van der Waals surface area contributed by atoms with Crippen molar-refractivity contribution in [3.05, 3.63) is 36.7 Å². The summed E-state index contributed by atoms with van der Waals surface area (Å²) in [7, 11) is 0. The number of anilines is 1. The number of pyridine rings is 2. The quantitative estimate of drug-likeness (QED) is 0.699. The molecule has 0 saturated carbocycles. The number of likely N-dealkylation sites (tertiary alicyclic amines) is 1. The summed E-state index contributed by atoms with van der Waals surface area (Å²) < 4.78 is 0. The van der Waals surface area contributed by atoms with Crippen LogP contribution in [0.15, 0.2) is 36.7 Å². The maximum atomic E-state index is 4.96. The number of hydrogen-bond acceptors (Lipinski definition) is 6. The summed E-state index contributed by atoms with van der Waals surface area (Å²) in [5.41, 5.74) is 2.75. The molecule has 7 heteroatoms. The van der Waals surface area contributed by atoms with Crippen LogP contribution in [-0.4, -0.2) is 81.1 Å². The van der Waals surface area contributed by atoms with Gasteiger partial charge in [-0.1, -0.05) is 6.07 Å². The van der Waals surface area contributed by atoms with E-state index in [1.54, 1.807) is 6.20 Å². The minimum Gasteiger partial charge on any atom is -0.355 e. The van der Waals surface area contributed by atoms with Crippen LogP contribution < -0.4 is 4.90 Å². The fraction of sp³-hybridized carbons (Fsp3) is 0.542. The molecule has 31 heavy (non-hydrogen) atoms. The van der Waals surface area contributed by atoms with Crippen LogP contribution in [0.2, 0.25) is 0 Å². The van der Waals surface area contributed by atoms with Crippen molar-refractivity contribution in [1.82, 2.24) is 29.7 Å². The Morgan fingerprint density at radius 3 is 2.65 bits per heavy atom. The molecule has 0 aliphatic carbocycles. The first kappa shape index (κ1) is 20.4. The highest BCUT2D eigenvalue weighted by molar-refractivity contribution is 5.77. The minimum absolute atomic E-state index is 0.668. The van der Waals surface area contributed by atoms with Crippen LogP contribution in [0.5, 0.6) is 0 Å². The van der Waals surface area contributed by atoms with E-state index in [0.29, 0.717) is 6.04 Å². The van der Waals surface area contributed by atoms with Gasteiger partial charge in [-0.05, 0) is 64.4 Å². The van der Waals surface area contributed by atoms with E-state index in [0.717, 1.165) is 54.0 Å². The first-order valence-corrected chi connectivity index (χ1v) is 11.7. The second-order valence-corrected chi connectivity index (χ2v) is 9.10. The van der Waals surface area contributed by atoms with E-state index in [1.165, 1.54) is 38.9 Å². The molecule has 0 amide bonds. The average molecular weight is 420 g/mol. The third kappa shape index (κ3) is 4.43. The van der Waals surface area contributed by atoms with E-state index in [2.05, 4.69) is 50.6 Å². The number of imidazole rings is 1. The second-order valence-electron chi connectivity index (χ2n) is 9.10. The molecule has 0 spiro atoms. The molecule has 3 aromatic rings. The summed E-state index contributed by atoms with van der Waals surface area (Å²) in [4.78, 5) is 25.0. The molecule has 2 aliphatic rings. The van der Waals surface area contributed by atoms with E-state index < -0.39 is 0 Å². The van der Waals surface area contributed by atoms with Crippen molar-refractivity contribution in [2.75, 3.05) is 44.2 Å². The molecule has 7 nitrogen and oxygen atoms in total. The predicted octanol–water partition coefficient (Wildman–Crippen LogP) is 3.40. The number of aromatic amines is 1. The van der Waals surface area contributed by atoms with Gasteiger partial charge in [-0.25, -0.2) is 9.97 Å². The van der Waals surface area contributed by atoms with Gasteiger partial charge in [0.05, 0.1) is 17.2 Å². The van der Waals surface area contributed by atoms with Gasteiger partial charge in [0.1, 0.15) is 11.5 Å². The van der Waals surface area contributed by atoms with Crippen LogP contribution >= 0.6 is 0 Å². The zero-order valence-corrected chi connectivity index (χ0v) is 18.7. The van der Waals surface area contributed by atoms with Crippen molar-refractivity contribution in [2.45, 2.75) is 45.2 Å². The second kappa shape index (κ2) is 8.93. The first-order valence-electron chi connectivity index (χ1n) is 11.7. The Morgan fingerprint density at radius 2 is 1.84 bits per heavy atom. The highest BCUT2D eigenvalue weighted by Crippen LogP contribution is 2.24. The molecular weight excluding hydrogens is 386 g/mol. The van der Waals surface area contributed by atoms with Crippen molar-refractivity contribution in [3.8, 4) is 11.5 Å². The number of fused-ring (bicyclic) bond motifs is 1. The van der Waals surface area contributed by atoms with Gasteiger partial charge in [0.25, 0.3) is 0 Å². The van der Waals surface area contributed by atoms with Crippen molar-refractivity contribution < 1.29 is 0 Å². The van der Waals surface area contributed by atoms with Gasteiger partial charge in [0.2, 0.25) is 0 Å². The van der Waals surface area contributed by atoms with Crippen molar-refractivity contribution in [3.63, 3.8) is 0 Å². The number of H-pyrrole nitrogens is 1. The SMILES string of the molecule is CC(C)N1CCC(N2CCCN(c3cccc(-c4nc5ccncc5[nH]4)n3)CC2)CC1. The summed E-state index contributed by atoms with van der Waals surface area (Å²) in [5.74, 6) is 1.85. The van der Waals surface area contributed by atoms with Gasteiger partial charge in [-0.2, -0.15) is 0 Å². The van der Waals surface area contributed by atoms with Crippen LogP contribution in [-0.2, 0) is 0 Å². The highest BCUT2D eigenvalue weighted by Gasteiger charge is 2.27. The number of piperidine rings is 1. The molecule has 1 N–H and O–H groups in total. The van der Waals surface area contributed by atoms with E-state index in [-0.39, 0.29) is 0 Å². The fourth-order valence-electron chi connectivity index (χ4n) is 5.01. The molecule has 164 valence electrons. The van der Waals surface area contributed by atoms with Gasteiger partial charge < -0.3 is 14.8 Å². The van der Waals surface area contributed by atoms with Crippen LogP contribution in [0.25, 0.3) is 22.6 Å². The summed E-state index contributed by atoms with van der Waals surface area (Å²) in [6.45, 7) is 11.5. The lowest BCUT2D eigenvalue weighted by atomic mass is 10.0. The van der Waals surface area contributed by atoms with E-state index in [4.69, 9.17) is 9.97 Å². The maximum absolute atomic E-state index is 4.96. The molecule has 0 atom stereocenters. The zero-order chi connectivity index (χ0) is 21.2. The van der Waals surface area contributed by atoms with E-state index in [9.17, 15) is 0 Å².